The Morgan fingerprint density at radius 2 is 2.14 bits per heavy atom. The lowest BCUT2D eigenvalue weighted by Gasteiger charge is -2.29. The predicted octanol–water partition coefficient (Wildman–Crippen LogP) is 2.81. The lowest BCUT2D eigenvalue weighted by Crippen LogP contribution is -2.48. The monoisotopic (exact) mass is 333 g/mol. The van der Waals surface area contributed by atoms with E-state index in [-0.39, 0.29) is 5.91 Å². The summed E-state index contributed by atoms with van der Waals surface area (Å²) in [6.45, 7) is 0. The molecule has 2 fully saturated rings. The van der Waals surface area contributed by atoms with Crippen LogP contribution in [-0.2, 0) is 11.2 Å². The fraction of sp³-hybridized carbons (Fsp3) is 0.500. The molecule has 2 aliphatic rings. The number of thiophene rings is 1. The summed E-state index contributed by atoms with van der Waals surface area (Å²) >= 11 is 3.30. The smallest absolute Gasteiger partial charge is 0.226 e. The lowest BCUT2D eigenvalue weighted by molar-refractivity contribution is -0.121. The first-order valence-electron chi connectivity index (χ1n) is 7.80. The maximum absolute atomic E-state index is 12.2. The van der Waals surface area contributed by atoms with E-state index < -0.39 is 0 Å². The summed E-state index contributed by atoms with van der Waals surface area (Å²) in [6, 6.07) is 5.64. The number of rotatable bonds is 4. The Kier molecular flexibility index (Phi) is 3.98. The number of hydrogen-bond donors (Lipinski definition) is 2. The Morgan fingerprint density at radius 3 is 2.86 bits per heavy atom. The number of amides is 1. The first-order valence-corrected chi connectivity index (χ1v) is 9.56. The number of carbonyl (C=O) groups excluding carboxylic acids is 1. The van der Waals surface area contributed by atoms with Gasteiger partial charge in [-0.3, -0.25) is 4.79 Å². The second-order valence-corrected chi connectivity index (χ2v) is 7.98. The van der Waals surface area contributed by atoms with Crippen LogP contribution in [0.5, 0.6) is 0 Å². The number of carbonyl (C=O) groups is 1. The molecule has 2 bridgehead atoms. The molecule has 2 saturated heterocycles. The summed E-state index contributed by atoms with van der Waals surface area (Å²) in [6.07, 6.45) is 5.04. The quantitative estimate of drug-likeness (QED) is 0.905. The summed E-state index contributed by atoms with van der Waals surface area (Å²) in [5.41, 5.74) is 0.878. The molecule has 2 aliphatic heterocycles. The van der Waals surface area contributed by atoms with Gasteiger partial charge < -0.3 is 10.6 Å². The number of hydrogen-bond acceptors (Lipinski definition) is 5. The molecule has 2 aromatic heterocycles. The van der Waals surface area contributed by atoms with Crippen LogP contribution >= 0.6 is 22.7 Å². The number of nitrogens with one attached hydrogen (secondary N) is 2. The molecule has 2 N–H and O–H groups in total. The largest absolute Gasteiger partial charge is 0.353 e. The molecular weight excluding hydrogens is 314 g/mol. The zero-order chi connectivity index (χ0) is 14.9. The fourth-order valence-electron chi connectivity index (χ4n) is 3.52. The molecule has 4 rings (SSSR count). The average molecular weight is 333 g/mol. The molecule has 4 heterocycles. The van der Waals surface area contributed by atoms with Gasteiger partial charge in [-0.05, 0) is 37.1 Å². The van der Waals surface area contributed by atoms with E-state index in [1.165, 1.54) is 17.7 Å². The van der Waals surface area contributed by atoms with Gasteiger partial charge in [-0.25, -0.2) is 4.98 Å². The minimum absolute atomic E-state index is 0.106. The molecule has 2 unspecified atom stereocenters. The van der Waals surface area contributed by atoms with Gasteiger partial charge in [0.2, 0.25) is 5.91 Å². The molecule has 6 heteroatoms. The average Bonchev–Trinajstić information content (AvgIpc) is 3.20. The Labute approximate surface area is 138 Å². The van der Waals surface area contributed by atoms with E-state index in [9.17, 15) is 4.79 Å². The van der Waals surface area contributed by atoms with Crippen LogP contribution in [0.1, 0.15) is 31.4 Å². The van der Waals surface area contributed by atoms with Gasteiger partial charge in [0.25, 0.3) is 0 Å². The van der Waals surface area contributed by atoms with Crippen LogP contribution in [-0.4, -0.2) is 29.0 Å². The number of piperidine rings is 1. The van der Waals surface area contributed by atoms with Crippen molar-refractivity contribution in [2.75, 3.05) is 0 Å². The topological polar surface area (TPSA) is 54.0 Å². The van der Waals surface area contributed by atoms with Crippen LogP contribution in [0.3, 0.4) is 0 Å². The van der Waals surface area contributed by atoms with Crippen molar-refractivity contribution < 1.29 is 4.79 Å². The third-order valence-corrected chi connectivity index (χ3v) is 6.39. The van der Waals surface area contributed by atoms with Crippen LogP contribution in [0, 0.1) is 0 Å². The maximum Gasteiger partial charge on any atom is 0.226 e. The molecule has 0 radical (unpaired) electrons. The number of fused-ring (bicyclic) bond motifs is 2. The van der Waals surface area contributed by atoms with Crippen LogP contribution in [0.15, 0.2) is 22.9 Å². The van der Waals surface area contributed by atoms with Gasteiger partial charge in [-0.15, -0.1) is 22.7 Å². The molecule has 22 heavy (non-hydrogen) atoms. The highest BCUT2D eigenvalue weighted by Gasteiger charge is 2.33. The van der Waals surface area contributed by atoms with Gasteiger partial charge in [0.1, 0.15) is 5.01 Å². The first-order chi connectivity index (χ1) is 10.8. The zero-order valence-corrected chi connectivity index (χ0v) is 13.9. The second-order valence-electron chi connectivity index (χ2n) is 6.17. The van der Waals surface area contributed by atoms with Crippen molar-refractivity contribution in [3.8, 4) is 9.88 Å². The summed E-state index contributed by atoms with van der Waals surface area (Å²) in [7, 11) is 0. The molecule has 2 aromatic rings. The predicted molar refractivity (Wildman–Crippen MR) is 90.2 cm³/mol. The normalized spacial score (nSPS) is 27.0. The Hall–Kier alpha value is -1.24. The maximum atomic E-state index is 12.2. The lowest BCUT2D eigenvalue weighted by atomic mass is 9.99. The zero-order valence-electron chi connectivity index (χ0n) is 12.2. The standard InChI is InChI=1S/C16H19N3OS2/c20-15(18-12-6-10-3-4-11(7-12)17-10)8-13-9-22-16(19-13)14-2-1-5-21-14/h1-2,5,9-12,17H,3-4,6-8H2,(H,18,20). The minimum Gasteiger partial charge on any atom is -0.353 e. The van der Waals surface area contributed by atoms with Gasteiger partial charge in [0.15, 0.2) is 0 Å². The molecule has 4 nitrogen and oxygen atoms in total. The fourth-order valence-corrected chi connectivity index (χ4v) is 5.15. The van der Waals surface area contributed by atoms with Crippen LogP contribution in [0.25, 0.3) is 9.88 Å². The molecule has 0 aliphatic carbocycles. The Morgan fingerprint density at radius 1 is 1.32 bits per heavy atom. The first kappa shape index (κ1) is 14.4. The number of aromatic nitrogens is 1. The Bertz CT molecular complexity index is 640. The summed E-state index contributed by atoms with van der Waals surface area (Å²) in [5.74, 6) is 0.106. The summed E-state index contributed by atoms with van der Waals surface area (Å²) in [5, 5.41) is 11.9. The van der Waals surface area contributed by atoms with Crippen LogP contribution < -0.4 is 10.6 Å². The highest BCUT2D eigenvalue weighted by atomic mass is 32.1. The van der Waals surface area contributed by atoms with Crippen molar-refractivity contribution in [2.45, 2.75) is 50.2 Å². The van der Waals surface area contributed by atoms with Crippen molar-refractivity contribution in [1.29, 1.82) is 0 Å². The SMILES string of the molecule is O=C(Cc1csc(-c2cccs2)n1)NC1CC2CCC(C1)N2. The molecule has 0 spiro atoms. The number of nitrogens with zero attached hydrogens (tertiary/aromatic N) is 1. The third-order valence-electron chi connectivity index (χ3n) is 4.46. The molecule has 0 saturated carbocycles. The summed E-state index contributed by atoms with van der Waals surface area (Å²) in [4.78, 5) is 18.0. The van der Waals surface area contributed by atoms with Gasteiger partial charge in [0.05, 0.1) is 17.0 Å². The van der Waals surface area contributed by atoms with Crippen molar-refractivity contribution in [3.05, 3.63) is 28.6 Å². The van der Waals surface area contributed by atoms with Crippen molar-refractivity contribution in [2.24, 2.45) is 0 Å². The second kappa shape index (κ2) is 6.10. The van der Waals surface area contributed by atoms with E-state index in [0.29, 0.717) is 24.5 Å². The van der Waals surface area contributed by atoms with Gasteiger partial charge in [0, 0.05) is 23.5 Å². The minimum atomic E-state index is 0.106. The highest BCUT2D eigenvalue weighted by Crippen LogP contribution is 2.28. The van der Waals surface area contributed by atoms with Gasteiger partial charge >= 0.3 is 0 Å². The molecule has 0 aromatic carbocycles. The van der Waals surface area contributed by atoms with Gasteiger partial charge in [-0.1, -0.05) is 6.07 Å². The summed E-state index contributed by atoms with van der Waals surface area (Å²) < 4.78 is 0. The van der Waals surface area contributed by atoms with Crippen LogP contribution in [0.2, 0.25) is 0 Å². The van der Waals surface area contributed by atoms with E-state index in [0.717, 1.165) is 23.5 Å². The van der Waals surface area contributed by atoms with E-state index >= 15 is 0 Å². The number of thiazole rings is 1. The van der Waals surface area contributed by atoms with E-state index in [1.807, 2.05) is 11.4 Å². The molecule has 1 amide bonds. The van der Waals surface area contributed by atoms with Crippen molar-refractivity contribution >= 4 is 28.6 Å². The van der Waals surface area contributed by atoms with E-state index in [2.05, 4.69) is 27.1 Å². The van der Waals surface area contributed by atoms with Crippen molar-refractivity contribution in [1.82, 2.24) is 15.6 Å². The molecule has 116 valence electrons. The molecule has 2 atom stereocenters. The van der Waals surface area contributed by atoms with Crippen LogP contribution in [0.4, 0.5) is 0 Å². The van der Waals surface area contributed by atoms with E-state index in [4.69, 9.17) is 0 Å². The third kappa shape index (κ3) is 3.09. The highest BCUT2D eigenvalue weighted by molar-refractivity contribution is 7.20. The Balaban J connectivity index is 1.34. The van der Waals surface area contributed by atoms with Crippen molar-refractivity contribution in [3.63, 3.8) is 0 Å². The molecular formula is C16H19N3OS2. The van der Waals surface area contributed by atoms with E-state index in [1.54, 1.807) is 22.7 Å². The van der Waals surface area contributed by atoms with Gasteiger partial charge in [-0.2, -0.15) is 0 Å².